The lowest BCUT2D eigenvalue weighted by molar-refractivity contribution is -0.504. The summed E-state index contributed by atoms with van der Waals surface area (Å²) >= 11 is 6.42. The van der Waals surface area contributed by atoms with Gasteiger partial charge in [0.15, 0.2) is 5.15 Å². The molecular formula is C24H26ClN7O6. The van der Waals surface area contributed by atoms with Crippen LogP contribution in [0.1, 0.15) is 36.8 Å². The topological polar surface area (TPSA) is 161 Å². The number of benzene rings is 2. The van der Waals surface area contributed by atoms with Crippen LogP contribution in [0.3, 0.4) is 0 Å². The van der Waals surface area contributed by atoms with Crippen molar-refractivity contribution in [2.45, 2.75) is 39.3 Å². The Morgan fingerprint density at radius 2 is 1.87 bits per heavy atom. The lowest BCUT2D eigenvalue weighted by Gasteiger charge is -2.14. The number of tetrazole rings is 1. The van der Waals surface area contributed by atoms with E-state index in [1.165, 1.54) is 0 Å². The molecule has 0 amide bonds. The normalized spacial score (nSPS) is 11.2. The summed E-state index contributed by atoms with van der Waals surface area (Å²) in [5.41, 5.74) is 4.31. The monoisotopic (exact) mass is 543 g/mol. The number of H-pyrrole nitrogens is 1. The van der Waals surface area contributed by atoms with Gasteiger partial charge >= 0.3 is 6.16 Å². The standard InChI is InChI=1S/C24H26ClN7O6/c1-2-3-8-21-26-22(25)20(14-36-24(33)37-15-38-32(34)35)31(21)13-16-9-11-17(12-10-16)18-6-4-5-7-19(18)23-27-29-30-28-23/h4-7,9-12,34-35H,2-3,8,13-15H2,1H3,(H,27,28,29,30). The summed E-state index contributed by atoms with van der Waals surface area (Å²) < 4.78 is 11.7. The molecule has 3 N–H and O–H groups in total. The summed E-state index contributed by atoms with van der Waals surface area (Å²) in [5, 5.41) is 31.0. The fraction of sp³-hybridized carbons (Fsp3) is 0.292. The van der Waals surface area contributed by atoms with Crippen molar-refractivity contribution >= 4 is 17.8 Å². The van der Waals surface area contributed by atoms with Gasteiger partial charge < -0.3 is 14.0 Å². The van der Waals surface area contributed by atoms with Gasteiger partial charge in [0.25, 0.3) is 0 Å². The van der Waals surface area contributed by atoms with E-state index in [0.29, 0.717) is 24.5 Å². The number of ether oxygens (including phenoxy) is 2. The molecule has 0 radical (unpaired) electrons. The van der Waals surface area contributed by atoms with Gasteiger partial charge in [0.2, 0.25) is 12.6 Å². The molecule has 4 aromatic rings. The van der Waals surface area contributed by atoms with Crippen LogP contribution in [-0.4, -0.2) is 58.9 Å². The smallest absolute Gasteiger partial charge is 0.428 e. The van der Waals surface area contributed by atoms with Crippen molar-refractivity contribution in [3.05, 3.63) is 70.8 Å². The van der Waals surface area contributed by atoms with Gasteiger partial charge in [-0.25, -0.2) is 14.6 Å². The molecule has 4 rings (SSSR count). The molecule has 0 aliphatic heterocycles. The van der Waals surface area contributed by atoms with Crippen molar-refractivity contribution in [1.29, 1.82) is 0 Å². The molecule has 0 saturated carbocycles. The maximum atomic E-state index is 11.8. The highest BCUT2D eigenvalue weighted by atomic mass is 35.5. The number of aryl methyl sites for hydroxylation is 1. The molecule has 0 spiro atoms. The van der Waals surface area contributed by atoms with Gasteiger partial charge in [0.05, 0.1) is 11.1 Å². The first kappa shape index (κ1) is 27.2. The molecule has 200 valence electrons. The second-order valence-corrected chi connectivity index (χ2v) is 8.47. The van der Waals surface area contributed by atoms with E-state index in [9.17, 15) is 4.79 Å². The van der Waals surface area contributed by atoms with Crippen LogP contribution in [-0.2, 0) is 33.9 Å². The molecule has 38 heavy (non-hydrogen) atoms. The summed E-state index contributed by atoms with van der Waals surface area (Å²) in [6.45, 7) is 1.59. The van der Waals surface area contributed by atoms with E-state index in [-0.39, 0.29) is 11.8 Å². The number of nitrogens with zero attached hydrogens (tertiary/aromatic N) is 6. The first-order valence-electron chi connectivity index (χ1n) is 11.7. The minimum Gasteiger partial charge on any atom is -0.428 e. The van der Waals surface area contributed by atoms with Crippen LogP contribution in [0.5, 0.6) is 0 Å². The van der Waals surface area contributed by atoms with E-state index in [1.807, 2.05) is 53.1 Å². The molecule has 0 fully saturated rings. The number of halogens is 1. The number of hydrogen-bond acceptors (Lipinski definition) is 11. The zero-order valence-corrected chi connectivity index (χ0v) is 21.2. The van der Waals surface area contributed by atoms with Crippen LogP contribution in [0.4, 0.5) is 4.79 Å². The Labute approximate surface area is 222 Å². The van der Waals surface area contributed by atoms with Crippen LogP contribution in [0.15, 0.2) is 48.5 Å². The quantitative estimate of drug-likeness (QED) is 0.132. The van der Waals surface area contributed by atoms with Crippen molar-refractivity contribution in [2.24, 2.45) is 0 Å². The zero-order chi connectivity index (χ0) is 26.9. The van der Waals surface area contributed by atoms with E-state index in [4.69, 9.17) is 26.8 Å². The first-order chi connectivity index (χ1) is 18.5. The number of carbonyl (C=O) groups excluding carboxylic acids is 1. The Morgan fingerprint density at radius 1 is 1.11 bits per heavy atom. The van der Waals surface area contributed by atoms with Gasteiger partial charge in [0.1, 0.15) is 12.4 Å². The maximum Gasteiger partial charge on any atom is 0.510 e. The van der Waals surface area contributed by atoms with Crippen LogP contribution in [0, 0.1) is 0 Å². The molecule has 14 heteroatoms. The minimum absolute atomic E-state index is 0.199. The van der Waals surface area contributed by atoms with Gasteiger partial charge in [-0.15, -0.1) is 10.2 Å². The summed E-state index contributed by atoms with van der Waals surface area (Å²) in [6, 6.07) is 15.8. The third-order valence-electron chi connectivity index (χ3n) is 5.65. The van der Waals surface area contributed by atoms with Crippen LogP contribution in [0.25, 0.3) is 22.5 Å². The number of carbonyl (C=O) groups is 1. The lowest BCUT2D eigenvalue weighted by atomic mass is 9.98. The lowest BCUT2D eigenvalue weighted by Crippen LogP contribution is -2.19. The molecule has 0 saturated heterocycles. The average Bonchev–Trinajstić information content (AvgIpc) is 3.55. The molecule has 0 unspecified atom stereocenters. The van der Waals surface area contributed by atoms with Crippen molar-refractivity contribution in [2.75, 3.05) is 6.79 Å². The van der Waals surface area contributed by atoms with Crippen molar-refractivity contribution < 1.29 is 29.5 Å². The third-order valence-corrected chi connectivity index (χ3v) is 5.95. The summed E-state index contributed by atoms with van der Waals surface area (Å²) in [6.07, 6.45) is 1.52. The average molecular weight is 544 g/mol. The summed E-state index contributed by atoms with van der Waals surface area (Å²) in [4.78, 5) is 20.5. The van der Waals surface area contributed by atoms with Gasteiger partial charge in [-0.1, -0.05) is 73.5 Å². The van der Waals surface area contributed by atoms with Gasteiger partial charge in [-0.05, 0) is 28.3 Å². The largest absolute Gasteiger partial charge is 0.510 e. The first-order valence-corrected chi connectivity index (χ1v) is 12.1. The number of hydrogen-bond donors (Lipinski definition) is 3. The van der Waals surface area contributed by atoms with Crippen molar-refractivity contribution in [1.82, 2.24) is 35.6 Å². The van der Waals surface area contributed by atoms with E-state index in [2.05, 4.69) is 42.1 Å². The van der Waals surface area contributed by atoms with Crippen molar-refractivity contribution in [3.63, 3.8) is 0 Å². The zero-order valence-electron chi connectivity index (χ0n) is 20.5. The van der Waals surface area contributed by atoms with E-state index >= 15 is 0 Å². The van der Waals surface area contributed by atoms with Gasteiger partial charge in [0, 0.05) is 18.5 Å². The second kappa shape index (κ2) is 13.1. The highest BCUT2D eigenvalue weighted by Crippen LogP contribution is 2.30. The predicted molar refractivity (Wildman–Crippen MR) is 133 cm³/mol. The Kier molecular flexibility index (Phi) is 9.35. The minimum atomic E-state index is -1.07. The SMILES string of the molecule is CCCCc1nc(Cl)c(COC(=O)OCON(O)O)n1Cc1ccc(-c2ccccc2-c2nn[nH]n2)cc1. The van der Waals surface area contributed by atoms with Crippen molar-refractivity contribution in [3.8, 4) is 22.5 Å². The molecule has 0 atom stereocenters. The Morgan fingerprint density at radius 3 is 2.55 bits per heavy atom. The van der Waals surface area contributed by atoms with Crippen LogP contribution in [0.2, 0.25) is 5.15 Å². The Hall–Kier alpha value is -3.88. The fourth-order valence-electron chi connectivity index (χ4n) is 3.82. The highest BCUT2D eigenvalue weighted by Gasteiger charge is 2.19. The number of unbranched alkanes of at least 4 members (excludes halogenated alkanes) is 1. The van der Waals surface area contributed by atoms with E-state index in [1.54, 1.807) is 0 Å². The Bertz CT molecular complexity index is 1330. The molecule has 0 bridgehead atoms. The second-order valence-electron chi connectivity index (χ2n) is 8.12. The number of rotatable bonds is 12. The number of imidazole rings is 1. The van der Waals surface area contributed by atoms with Crippen LogP contribution < -0.4 is 0 Å². The molecule has 0 aliphatic carbocycles. The van der Waals surface area contributed by atoms with Gasteiger partial charge in [-0.2, -0.15) is 5.21 Å². The molecule has 2 aromatic carbocycles. The summed E-state index contributed by atoms with van der Waals surface area (Å²) in [7, 11) is 0. The van der Waals surface area contributed by atoms with Crippen LogP contribution >= 0.6 is 11.6 Å². The molecule has 0 aliphatic rings. The van der Waals surface area contributed by atoms with Gasteiger partial charge in [-0.3, -0.25) is 10.4 Å². The molecular weight excluding hydrogens is 518 g/mol. The highest BCUT2D eigenvalue weighted by molar-refractivity contribution is 6.30. The predicted octanol–water partition coefficient (Wildman–Crippen LogP) is 4.40. The number of aromatic amines is 1. The maximum absolute atomic E-state index is 11.8. The third kappa shape index (κ3) is 6.90. The summed E-state index contributed by atoms with van der Waals surface area (Å²) in [5.74, 6) is 1.29. The van der Waals surface area contributed by atoms with E-state index < -0.39 is 18.3 Å². The Balaban J connectivity index is 1.52. The molecule has 2 heterocycles. The fourth-order valence-corrected chi connectivity index (χ4v) is 4.08. The number of aromatic nitrogens is 6. The molecule has 13 nitrogen and oxygen atoms in total. The number of nitrogens with one attached hydrogen (secondary N) is 1. The van der Waals surface area contributed by atoms with E-state index in [0.717, 1.165) is 40.9 Å². The molecule has 2 aromatic heterocycles.